The van der Waals surface area contributed by atoms with Crippen LogP contribution in [0.15, 0.2) is 24.3 Å². The summed E-state index contributed by atoms with van der Waals surface area (Å²) >= 11 is 0. The van der Waals surface area contributed by atoms with Crippen LogP contribution in [-0.4, -0.2) is 6.54 Å². The van der Waals surface area contributed by atoms with Crippen molar-refractivity contribution in [2.45, 2.75) is 65.3 Å². The molecule has 1 saturated carbocycles. The summed E-state index contributed by atoms with van der Waals surface area (Å²) in [7, 11) is 0. The molecule has 2 rings (SSSR count). The highest BCUT2D eigenvalue weighted by Gasteiger charge is 2.28. The van der Waals surface area contributed by atoms with Gasteiger partial charge in [0, 0.05) is 6.04 Å². The van der Waals surface area contributed by atoms with E-state index in [9.17, 15) is 0 Å². The first-order valence-electron chi connectivity index (χ1n) is 7.91. The van der Waals surface area contributed by atoms with Gasteiger partial charge < -0.3 is 5.32 Å². The third-order valence-corrected chi connectivity index (χ3v) is 4.95. The summed E-state index contributed by atoms with van der Waals surface area (Å²) in [6.45, 7) is 10.2. The Morgan fingerprint density at radius 1 is 1.16 bits per heavy atom. The van der Waals surface area contributed by atoms with Crippen molar-refractivity contribution in [3.05, 3.63) is 35.4 Å². The SMILES string of the molecule is CCNC(c1ccc(C2CCC2)cc1)C(C)(C)CC. The van der Waals surface area contributed by atoms with Crippen molar-refractivity contribution in [1.82, 2.24) is 5.32 Å². The van der Waals surface area contributed by atoms with Gasteiger partial charge in [0.25, 0.3) is 0 Å². The van der Waals surface area contributed by atoms with E-state index in [1.165, 1.54) is 31.2 Å². The van der Waals surface area contributed by atoms with Gasteiger partial charge in [-0.15, -0.1) is 0 Å². The third kappa shape index (κ3) is 3.20. The molecule has 0 heterocycles. The lowest BCUT2D eigenvalue weighted by Gasteiger charge is -2.35. The number of rotatable bonds is 6. The molecule has 0 spiro atoms. The quantitative estimate of drug-likeness (QED) is 0.754. The van der Waals surface area contributed by atoms with Gasteiger partial charge >= 0.3 is 0 Å². The van der Waals surface area contributed by atoms with Crippen LogP contribution in [0.3, 0.4) is 0 Å². The fourth-order valence-electron chi connectivity index (χ4n) is 2.96. The molecule has 1 aliphatic carbocycles. The zero-order valence-corrected chi connectivity index (χ0v) is 13.0. The van der Waals surface area contributed by atoms with E-state index < -0.39 is 0 Å². The summed E-state index contributed by atoms with van der Waals surface area (Å²) in [6, 6.07) is 9.86. The summed E-state index contributed by atoms with van der Waals surface area (Å²) < 4.78 is 0. The molecule has 0 saturated heterocycles. The lowest BCUT2D eigenvalue weighted by molar-refractivity contribution is 0.237. The second-order valence-electron chi connectivity index (χ2n) is 6.63. The molecular formula is C18H29N. The molecule has 1 aromatic rings. The van der Waals surface area contributed by atoms with Crippen molar-refractivity contribution in [3.63, 3.8) is 0 Å². The van der Waals surface area contributed by atoms with E-state index in [2.05, 4.69) is 57.3 Å². The van der Waals surface area contributed by atoms with Crippen molar-refractivity contribution in [3.8, 4) is 0 Å². The Labute approximate surface area is 118 Å². The summed E-state index contributed by atoms with van der Waals surface area (Å²) in [5, 5.41) is 3.67. The van der Waals surface area contributed by atoms with Crippen molar-refractivity contribution in [2.75, 3.05) is 6.54 Å². The van der Waals surface area contributed by atoms with Gasteiger partial charge in [0.1, 0.15) is 0 Å². The second kappa shape index (κ2) is 6.09. The minimum atomic E-state index is 0.300. The van der Waals surface area contributed by atoms with E-state index >= 15 is 0 Å². The smallest absolute Gasteiger partial charge is 0.0371 e. The van der Waals surface area contributed by atoms with Crippen LogP contribution in [0.4, 0.5) is 0 Å². The summed E-state index contributed by atoms with van der Waals surface area (Å²) in [4.78, 5) is 0. The first kappa shape index (κ1) is 14.6. The molecule has 1 aliphatic rings. The Bertz CT molecular complexity index is 387. The molecule has 0 aromatic heterocycles. The molecule has 106 valence electrons. The molecule has 1 fully saturated rings. The largest absolute Gasteiger partial charge is 0.310 e. The molecule has 19 heavy (non-hydrogen) atoms. The first-order valence-corrected chi connectivity index (χ1v) is 7.91. The van der Waals surface area contributed by atoms with Crippen LogP contribution in [0.2, 0.25) is 0 Å². The van der Waals surface area contributed by atoms with Crippen LogP contribution in [0.1, 0.15) is 76.5 Å². The monoisotopic (exact) mass is 259 g/mol. The Kier molecular flexibility index (Phi) is 4.67. The molecule has 1 aromatic carbocycles. The number of benzene rings is 1. The average molecular weight is 259 g/mol. The minimum Gasteiger partial charge on any atom is -0.310 e. The fourth-order valence-corrected chi connectivity index (χ4v) is 2.96. The van der Waals surface area contributed by atoms with Crippen molar-refractivity contribution >= 4 is 0 Å². The topological polar surface area (TPSA) is 12.0 Å². The first-order chi connectivity index (χ1) is 9.08. The molecule has 1 atom stereocenters. The summed E-state index contributed by atoms with van der Waals surface area (Å²) in [5.41, 5.74) is 3.28. The van der Waals surface area contributed by atoms with Gasteiger partial charge in [-0.1, -0.05) is 58.4 Å². The van der Waals surface area contributed by atoms with Crippen molar-refractivity contribution in [1.29, 1.82) is 0 Å². The molecule has 1 nitrogen and oxygen atoms in total. The molecule has 1 heteroatoms. The van der Waals surface area contributed by atoms with Crippen LogP contribution >= 0.6 is 0 Å². The molecule has 0 aliphatic heterocycles. The highest BCUT2D eigenvalue weighted by atomic mass is 14.9. The highest BCUT2D eigenvalue weighted by molar-refractivity contribution is 5.29. The van der Waals surface area contributed by atoms with Crippen LogP contribution in [0.25, 0.3) is 0 Å². The van der Waals surface area contributed by atoms with Crippen LogP contribution in [0, 0.1) is 5.41 Å². The van der Waals surface area contributed by atoms with Gasteiger partial charge in [-0.25, -0.2) is 0 Å². The predicted molar refractivity (Wildman–Crippen MR) is 83.5 cm³/mol. The van der Waals surface area contributed by atoms with Gasteiger partial charge in [-0.3, -0.25) is 0 Å². The Morgan fingerprint density at radius 3 is 2.21 bits per heavy atom. The highest BCUT2D eigenvalue weighted by Crippen LogP contribution is 2.39. The zero-order valence-electron chi connectivity index (χ0n) is 13.0. The maximum absolute atomic E-state index is 3.67. The molecule has 0 bridgehead atoms. The Morgan fingerprint density at radius 2 is 1.79 bits per heavy atom. The van der Waals surface area contributed by atoms with Gasteiger partial charge in [0.15, 0.2) is 0 Å². The fraction of sp³-hybridized carbons (Fsp3) is 0.667. The van der Waals surface area contributed by atoms with Gasteiger partial charge in [0.05, 0.1) is 0 Å². The standard InChI is InChI=1S/C18H29N/c1-5-18(3,4)17(19-6-2)16-12-10-15(11-13-16)14-8-7-9-14/h10-14,17,19H,5-9H2,1-4H3. The normalized spacial score (nSPS) is 18.1. The minimum absolute atomic E-state index is 0.300. The average Bonchev–Trinajstić information content (AvgIpc) is 2.35. The van der Waals surface area contributed by atoms with E-state index in [0.717, 1.165) is 12.5 Å². The van der Waals surface area contributed by atoms with E-state index in [1.54, 1.807) is 5.56 Å². The Balaban J connectivity index is 2.17. The van der Waals surface area contributed by atoms with Crippen molar-refractivity contribution < 1.29 is 0 Å². The molecular weight excluding hydrogens is 230 g/mol. The molecule has 1 N–H and O–H groups in total. The number of hydrogen-bond acceptors (Lipinski definition) is 1. The van der Waals surface area contributed by atoms with Gasteiger partial charge in [0.2, 0.25) is 0 Å². The summed E-state index contributed by atoms with van der Waals surface area (Å²) in [5.74, 6) is 0.839. The Hall–Kier alpha value is -0.820. The molecule has 1 unspecified atom stereocenters. The van der Waals surface area contributed by atoms with Gasteiger partial charge in [-0.05, 0) is 48.3 Å². The zero-order chi connectivity index (χ0) is 13.9. The third-order valence-electron chi connectivity index (χ3n) is 4.95. The van der Waals surface area contributed by atoms with Crippen LogP contribution in [0.5, 0.6) is 0 Å². The number of hydrogen-bond donors (Lipinski definition) is 1. The van der Waals surface area contributed by atoms with Crippen LogP contribution in [-0.2, 0) is 0 Å². The molecule has 0 radical (unpaired) electrons. The van der Waals surface area contributed by atoms with Crippen LogP contribution < -0.4 is 5.32 Å². The lowest BCUT2D eigenvalue weighted by Crippen LogP contribution is -2.33. The van der Waals surface area contributed by atoms with E-state index in [1.807, 2.05) is 0 Å². The predicted octanol–water partition coefficient (Wildman–Crippen LogP) is 5.04. The van der Waals surface area contributed by atoms with E-state index in [-0.39, 0.29) is 0 Å². The molecule has 0 amide bonds. The maximum atomic E-state index is 3.67. The van der Waals surface area contributed by atoms with Crippen molar-refractivity contribution in [2.24, 2.45) is 5.41 Å². The number of nitrogens with one attached hydrogen (secondary N) is 1. The van der Waals surface area contributed by atoms with Gasteiger partial charge in [-0.2, -0.15) is 0 Å². The summed E-state index contributed by atoms with van der Waals surface area (Å²) in [6.07, 6.45) is 5.37. The lowest BCUT2D eigenvalue weighted by atomic mass is 9.76. The second-order valence-corrected chi connectivity index (χ2v) is 6.63. The van der Waals surface area contributed by atoms with E-state index in [0.29, 0.717) is 11.5 Å². The maximum Gasteiger partial charge on any atom is 0.0371 e. The van der Waals surface area contributed by atoms with E-state index in [4.69, 9.17) is 0 Å².